The summed E-state index contributed by atoms with van der Waals surface area (Å²) in [5.74, 6) is 0.105. The minimum absolute atomic E-state index is 0.0934. The van der Waals surface area contributed by atoms with E-state index in [1.54, 1.807) is 18.2 Å². The van der Waals surface area contributed by atoms with E-state index >= 15 is 0 Å². The Bertz CT molecular complexity index is 968. The van der Waals surface area contributed by atoms with E-state index in [1.807, 2.05) is 26.0 Å². The Balaban J connectivity index is 1.40. The van der Waals surface area contributed by atoms with Gasteiger partial charge in [-0.3, -0.25) is 19.3 Å². The fourth-order valence-corrected chi connectivity index (χ4v) is 3.56. The number of aryl methyl sites for hydroxylation is 2. The third-order valence-electron chi connectivity index (χ3n) is 5.36. The van der Waals surface area contributed by atoms with Gasteiger partial charge in [0.2, 0.25) is 11.8 Å². The molecule has 6 heteroatoms. The average Bonchev–Trinajstić information content (AvgIpc) is 2.71. The molecule has 30 heavy (non-hydrogen) atoms. The lowest BCUT2D eigenvalue weighted by Gasteiger charge is -2.26. The first-order chi connectivity index (χ1) is 14.4. The molecule has 0 saturated heterocycles. The van der Waals surface area contributed by atoms with Crippen molar-refractivity contribution >= 4 is 17.7 Å². The second-order valence-corrected chi connectivity index (χ2v) is 7.69. The maximum absolute atomic E-state index is 12.5. The Morgan fingerprint density at radius 3 is 2.70 bits per heavy atom. The first kappa shape index (κ1) is 21.6. The molecule has 0 atom stereocenters. The molecule has 0 aromatic heterocycles. The Hall–Kier alpha value is -3.15. The quantitative estimate of drug-likeness (QED) is 0.538. The molecular formula is C24H28N2O4. The van der Waals surface area contributed by atoms with Crippen LogP contribution in [0.25, 0.3) is 0 Å². The summed E-state index contributed by atoms with van der Waals surface area (Å²) >= 11 is 0. The molecule has 1 heterocycles. The molecule has 0 spiro atoms. The van der Waals surface area contributed by atoms with E-state index in [0.717, 1.165) is 22.4 Å². The van der Waals surface area contributed by atoms with Gasteiger partial charge in [0.1, 0.15) is 5.75 Å². The lowest BCUT2D eigenvalue weighted by Crippen LogP contribution is -2.44. The van der Waals surface area contributed by atoms with Gasteiger partial charge in [-0.15, -0.1) is 0 Å². The van der Waals surface area contributed by atoms with E-state index < -0.39 is 0 Å². The number of nitrogens with one attached hydrogen (secondary N) is 1. The molecule has 1 aliphatic rings. The lowest BCUT2D eigenvalue weighted by atomic mass is 9.98. The summed E-state index contributed by atoms with van der Waals surface area (Å²) in [6.07, 6.45) is 0.961. The van der Waals surface area contributed by atoms with Crippen LogP contribution in [0, 0.1) is 20.8 Å². The number of benzene rings is 2. The van der Waals surface area contributed by atoms with Gasteiger partial charge >= 0.3 is 0 Å². The number of hydrogen-bond acceptors (Lipinski definition) is 4. The minimum atomic E-state index is -0.327. The molecule has 2 aromatic carbocycles. The lowest BCUT2D eigenvalue weighted by molar-refractivity contribution is -0.129. The monoisotopic (exact) mass is 408 g/mol. The van der Waals surface area contributed by atoms with Crippen molar-refractivity contribution in [3.63, 3.8) is 0 Å². The van der Waals surface area contributed by atoms with Crippen molar-refractivity contribution in [3.8, 4) is 5.75 Å². The van der Waals surface area contributed by atoms with Crippen molar-refractivity contribution in [2.75, 3.05) is 19.7 Å². The second kappa shape index (κ2) is 9.57. The predicted octanol–water partition coefficient (Wildman–Crippen LogP) is 3.11. The molecule has 0 radical (unpaired) electrons. The number of rotatable bonds is 8. The zero-order valence-electron chi connectivity index (χ0n) is 17.8. The molecule has 0 unspecified atom stereocenters. The molecule has 3 rings (SSSR count). The van der Waals surface area contributed by atoms with Crippen LogP contribution in [0.15, 0.2) is 36.4 Å². The summed E-state index contributed by atoms with van der Waals surface area (Å²) in [6, 6.07) is 11.2. The molecule has 158 valence electrons. The van der Waals surface area contributed by atoms with Crippen LogP contribution in [0.4, 0.5) is 0 Å². The third kappa shape index (κ3) is 5.06. The smallest absolute Gasteiger partial charge is 0.260 e. The van der Waals surface area contributed by atoms with Gasteiger partial charge in [0.25, 0.3) is 5.91 Å². The van der Waals surface area contributed by atoms with E-state index in [-0.39, 0.29) is 37.1 Å². The maximum Gasteiger partial charge on any atom is 0.260 e. The van der Waals surface area contributed by atoms with Crippen molar-refractivity contribution in [1.82, 2.24) is 10.2 Å². The van der Waals surface area contributed by atoms with E-state index in [2.05, 4.69) is 18.3 Å². The van der Waals surface area contributed by atoms with E-state index in [0.29, 0.717) is 25.1 Å². The molecular weight excluding hydrogens is 380 g/mol. The molecule has 3 amide bonds. The molecule has 0 bridgehead atoms. The summed E-state index contributed by atoms with van der Waals surface area (Å²) in [7, 11) is 0. The molecule has 0 aliphatic carbocycles. The number of amides is 3. The van der Waals surface area contributed by atoms with Gasteiger partial charge in [-0.1, -0.05) is 24.3 Å². The number of imide groups is 1. The number of fused-ring (bicyclic) bond motifs is 1. The largest absolute Gasteiger partial charge is 0.493 e. The van der Waals surface area contributed by atoms with Crippen molar-refractivity contribution < 1.29 is 19.1 Å². The minimum Gasteiger partial charge on any atom is -0.493 e. The van der Waals surface area contributed by atoms with Gasteiger partial charge in [-0.25, -0.2) is 0 Å². The number of hydrogen-bond donors (Lipinski definition) is 1. The Kier molecular flexibility index (Phi) is 6.87. The zero-order valence-corrected chi connectivity index (χ0v) is 17.8. The number of carbonyl (C=O) groups excluding carboxylic acids is 3. The first-order valence-electron chi connectivity index (χ1n) is 10.3. The SMILES string of the molecule is Cc1cc(C)c(C)c(OCCCNC(=O)CCN2C(=O)Cc3ccccc3C2=O)c1. The van der Waals surface area contributed by atoms with Crippen LogP contribution in [0.3, 0.4) is 0 Å². The van der Waals surface area contributed by atoms with Crippen LogP contribution < -0.4 is 10.1 Å². The number of nitrogens with zero attached hydrogens (tertiary/aromatic N) is 1. The van der Waals surface area contributed by atoms with Crippen molar-refractivity contribution in [2.24, 2.45) is 0 Å². The summed E-state index contributed by atoms with van der Waals surface area (Å²) in [5, 5.41) is 2.83. The summed E-state index contributed by atoms with van der Waals surface area (Å²) in [6.45, 7) is 7.21. The Morgan fingerprint density at radius 1 is 1.13 bits per heavy atom. The topological polar surface area (TPSA) is 75.7 Å². The highest BCUT2D eigenvalue weighted by molar-refractivity contribution is 6.09. The second-order valence-electron chi connectivity index (χ2n) is 7.69. The fourth-order valence-electron chi connectivity index (χ4n) is 3.56. The first-order valence-corrected chi connectivity index (χ1v) is 10.3. The Labute approximate surface area is 177 Å². The van der Waals surface area contributed by atoms with Crippen LogP contribution in [0.5, 0.6) is 5.75 Å². The van der Waals surface area contributed by atoms with Crippen LogP contribution >= 0.6 is 0 Å². The zero-order chi connectivity index (χ0) is 21.7. The van der Waals surface area contributed by atoms with E-state index in [4.69, 9.17) is 4.74 Å². The standard InChI is InChI=1S/C24H28N2O4/c1-16-13-17(2)18(3)21(14-16)30-12-6-10-25-22(27)9-11-26-23(28)15-19-7-4-5-8-20(19)24(26)29/h4-5,7-8,13-14H,6,9-12,15H2,1-3H3,(H,25,27). The molecule has 1 N–H and O–H groups in total. The highest BCUT2D eigenvalue weighted by atomic mass is 16.5. The van der Waals surface area contributed by atoms with Crippen molar-refractivity contribution in [1.29, 1.82) is 0 Å². The molecule has 0 fully saturated rings. The molecule has 1 aliphatic heterocycles. The van der Waals surface area contributed by atoms with Crippen molar-refractivity contribution in [3.05, 3.63) is 64.2 Å². The number of ether oxygens (including phenoxy) is 1. The van der Waals surface area contributed by atoms with Crippen molar-refractivity contribution in [2.45, 2.75) is 40.0 Å². The molecule has 2 aromatic rings. The molecule has 0 saturated carbocycles. The van der Waals surface area contributed by atoms with Crippen LogP contribution in [0.1, 0.15) is 45.5 Å². The highest BCUT2D eigenvalue weighted by Gasteiger charge is 2.30. The van der Waals surface area contributed by atoms with Gasteiger partial charge < -0.3 is 10.1 Å². The van der Waals surface area contributed by atoms with E-state index in [1.165, 1.54) is 10.5 Å². The van der Waals surface area contributed by atoms with Gasteiger partial charge in [0, 0.05) is 25.1 Å². The summed E-state index contributed by atoms with van der Waals surface area (Å²) < 4.78 is 5.85. The van der Waals surface area contributed by atoms with Crippen LogP contribution in [-0.4, -0.2) is 42.3 Å². The number of carbonyl (C=O) groups is 3. The van der Waals surface area contributed by atoms with Crippen LogP contribution in [-0.2, 0) is 16.0 Å². The third-order valence-corrected chi connectivity index (χ3v) is 5.36. The van der Waals surface area contributed by atoms with Gasteiger partial charge in [0.15, 0.2) is 0 Å². The maximum atomic E-state index is 12.5. The van der Waals surface area contributed by atoms with Gasteiger partial charge in [-0.2, -0.15) is 0 Å². The summed E-state index contributed by atoms with van der Waals surface area (Å²) in [4.78, 5) is 38.0. The molecule has 6 nitrogen and oxygen atoms in total. The highest BCUT2D eigenvalue weighted by Crippen LogP contribution is 2.23. The Morgan fingerprint density at radius 2 is 1.90 bits per heavy atom. The normalized spacial score (nSPS) is 13.2. The van der Waals surface area contributed by atoms with E-state index in [9.17, 15) is 14.4 Å². The average molecular weight is 408 g/mol. The van der Waals surface area contributed by atoms with Crippen LogP contribution in [0.2, 0.25) is 0 Å². The van der Waals surface area contributed by atoms with Gasteiger partial charge in [0.05, 0.1) is 13.0 Å². The van der Waals surface area contributed by atoms with Gasteiger partial charge in [-0.05, 0) is 61.6 Å². The predicted molar refractivity (Wildman–Crippen MR) is 115 cm³/mol. The fraction of sp³-hybridized carbons (Fsp3) is 0.375. The summed E-state index contributed by atoms with van der Waals surface area (Å²) in [5.41, 5.74) is 4.76.